The summed E-state index contributed by atoms with van der Waals surface area (Å²) in [7, 11) is 0. The van der Waals surface area contributed by atoms with E-state index in [1.54, 1.807) is 11.8 Å². The van der Waals surface area contributed by atoms with E-state index in [0.717, 1.165) is 4.90 Å². The number of nitrogens with zero attached hydrogens (tertiary/aromatic N) is 1. The van der Waals surface area contributed by atoms with Gasteiger partial charge in [-0.05, 0) is 31.2 Å². The first-order chi connectivity index (χ1) is 12.0. The van der Waals surface area contributed by atoms with Crippen LogP contribution in [0.3, 0.4) is 0 Å². The first-order valence-corrected chi connectivity index (χ1v) is 8.08. The quantitative estimate of drug-likeness (QED) is 0.781. The number of rotatable bonds is 6. The molecule has 0 bridgehead atoms. The summed E-state index contributed by atoms with van der Waals surface area (Å²) in [6.07, 6.45) is -0.322. The fourth-order valence-corrected chi connectivity index (χ4v) is 2.55. The number of hydrogen-bond acceptors (Lipinski definition) is 4. The van der Waals surface area contributed by atoms with E-state index in [2.05, 4.69) is 10.1 Å². The minimum absolute atomic E-state index is 0.0358. The molecule has 0 atom stereocenters. The third-order valence-corrected chi connectivity index (χ3v) is 3.77. The summed E-state index contributed by atoms with van der Waals surface area (Å²) in [5.74, 6) is -0.143. The number of piperazine rings is 1. The van der Waals surface area contributed by atoms with Crippen molar-refractivity contribution in [2.45, 2.75) is 13.5 Å². The van der Waals surface area contributed by atoms with Crippen LogP contribution in [0.2, 0.25) is 0 Å². The van der Waals surface area contributed by atoms with Crippen molar-refractivity contribution in [3.63, 3.8) is 0 Å². The molecule has 0 spiro atoms. The van der Waals surface area contributed by atoms with Gasteiger partial charge in [-0.3, -0.25) is 9.69 Å². The van der Waals surface area contributed by atoms with E-state index in [1.807, 2.05) is 0 Å². The molecular weight excluding hydrogens is 336 g/mol. The number of nitrogens with one attached hydrogen (secondary N) is 2. The zero-order valence-corrected chi connectivity index (χ0v) is 14.0. The molecule has 138 valence electrons. The summed E-state index contributed by atoms with van der Waals surface area (Å²) in [5, 5.41) is 2.72. The molecule has 0 saturated carbocycles. The van der Waals surface area contributed by atoms with E-state index >= 15 is 0 Å². The van der Waals surface area contributed by atoms with E-state index in [0.29, 0.717) is 38.5 Å². The molecule has 1 aromatic rings. The van der Waals surface area contributed by atoms with Gasteiger partial charge in [0.25, 0.3) is 5.91 Å². The number of anilines is 1. The highest BCUT2D eigenvalue weighted by Crippen LogP contribution is 2.17. The van der Waals surface area contributed by atoms with Crippen LogP contribution in [0, 0.1) is 0 Å². The molecule has 0 unspecified atom stereocenters. The lowest BCUT2D eigenvalue weighted by Gasteiger charge is -2.31. The first kappa shape index (κ1) is 18.9. The molecule has 0 aromatic heterocycles. The normalized spacial score (nSPS) is 15.1. The minimum atomic E-state index is -2.88. The molecule has 1 aliphatic rings. The van der Waals surface area contributed by atoms with Crippen LogP contribution < -0.4 is 15.0 Å². The van der Waals surface area contributed by atoms with Crippen molar-refractivity contribution in [1.82, 2.24) is 4.90 Å². The van der Waals surface area contributed by atoms with E-state index < -0.39 is 6.61 Å². The predicted molar refractivity (Wildman–Crippen MR) is 85.9 cm³/mol. The Hall–Kier alpha value is -2.42. The number of ether oxygens (including phenoxy) is 2. The van der Waals surface area contributed by atoms with Gasteiger partial charge >= 0.3 is 12.7 Å². The van der Waals surface area contributed by atoms with Crippen LogP contribution in [0.4, 0.5) is 19.3 Å². The standard InChI is InChI=1S/C16H21F2N3O4/c1-2-24-16(23)21-9-7-20(8-10-21)11-14(22)19-12-3-5-13(6-4-12)25-15(17)18/h3-6,15H,2,7-11H2,1H3,(H,19,22)/p+1. The van der Waals surface area contributed by atoms with E-state index in [-0.39, 0.29) is 24.3 Å². The van der Waals surface area contributed by atoms with Crippen LogP contribution >= 0.6 is 0 Å². The molecule has 1 aliphatic heterocycles. The summed E-state index contributed by atoms with van der Waals surface area (Å²) in [5.41, 5.74) is 0.510. The summed E-state index contributed by atoms with van der Waals surface area (Å²) in [4.78, 5) is 26.4. The maximum atomic E-state index is 12.1. The van der Waals surface area contributed by atoms with E-state index in [9.17, 15) is 18.4 Å². The zero-order chi connectivity index (χ0) is 18.2. The lowest BCUT2D eigenvalue weighted by atomic mass is 10.3. The Bertz CT molecular complexity index is 575. The van der Waals surface area contributed by atoms with Crippen molar-refractivity contribution in [2.75, 3.05) is 44.6 Å². The monoisotopic (exact) mass is 358 g/mol. The van der Waals surface area contributed by atoms with Gasteiger partial charge in [-0.15, -0.1) is 0 Å². The Morgan fingerprint density at radius 2 is 1.88 bits per heavy atom. The number of carbonyl (C=O) groups excluding carboxylic acids is 2. The highest BCUT2D eigenvalue weighted by atomic mass is 19.3. The van der Waals surface area contributed by atoms with Gasteiger partial charge in [0.2, 0.25) is 0 Å². The second kappa shape index (κ2) is 9.16. The van der Waals surface area contributed by atoms with E-state index in [1.165, 1.54) is 24.3 Å². The second-order valence-electron chi connectivity index (χ2n) is 5.56. The van der Waals surface area contributed by atoms with Crippen LogP contribution in [0.15, 0.2) is 24.3 Å². The molecule has 0 radical (unpaired) electrons. The molecule has 2 rings (SSSR count). The lowest BCUT2D eigenvalue weighted by molar-refractivity contribution is -0.895. The molecule has 7 nitrogen and oxygen atoms in total. The average molecular weight is 358 g/mol. The maximum Gasteiger partial charge on any atom is 0.410 e. The van der Waals surface area contributed by atoms with Crippen molar-refractivity contribution >= 4 is 17.7 Å². The molecule has 1 fully saturated rings. The van der Waals surface area contributed by atoms with Crippen molar-refractivity contribution in [3.05, 3.63) is 24.3 Å². The Morgan fingerprint density at radius 3 is 2.44 bits per heavy atom. The summed E-state index contributed by atoms with van der Waals surface area (Å²) >= 11 is 0. The largest absolute Gasteiger partial charge is 0.450 e. The Labute approximate surface area is 144 Å². The van der Waals surface area contributed by atoms with Gasteiger partial charge in [0, 0.05) is 5.69 Å². The highest BCUT2D eigenvalue weighted by molar-refractivity contribution is 5.91. The van der Waals surface area contributed by atoms with Crippen LogP contribution in [0.5, 0.6) is 5.75 Å². The van der Waals surface area contributed by atoms with Gasteiger partial charge in [0.05, 0.1) is 32.8 Å². The SMILES string of the molecule is CCOC(=O)N1CC[NH+](CC(=O)Nc2ccc(OC(F)F)cc2)CC1. The average Bonchev–Trinajstić information content (AvgIpc) is 2.57. The third-order valence-electron chi connectivity index (χ3n) is 3.77. The number of hydrogen-bond donors (Lipinski definition) is 2. The van der Waals surface area contributed by atoms with Crippen LogP contribution in [-0.4, -0.2) is 62.8 Å². The Balaban J connectivity index is 1.75. The number of amides is 2. The van der Waals surface area contributed by atoms with Gasteiger partial charge in [-0.25, -0.2) is 4.79 Å². The fourth-order valence-electron chi connectivity index (χ4n) is 2.55. The Morgan fingerprint density at radius 1 is 1.24 bits per heavy atom. The van der Waals surface area contributed by atoms with Crippen molar-refractivity contribution in [1.29, 1.82) is 0 Å². The third kappa shape index (κ3) is 6.18. The van der Waals surface area contributed by atoms with Gasteiger partial charge in [0.1, 0.15) is 5.75 Å². The second-order valence-corrected chi connectivity index (χ2v) is 5.56. The number of halogens is 2. The summed E-state index contributed by atoms with van der Waals surface area (Å²) in [6.45, 7) is 1.90. The molecule has 1 aromatic carbocycles. The summed E-state index contributed by atoms with van der Waals surface area (Å²) in [6, 6.07) is 5.74. The van der Waals surface area contributed by atoms with Gasteiger partial charge < -0.3 is 19.7 Å². The highest BCUT2D eigenvalue weighted by Gasteiger charge is 2.25. The van der Waals surface area contributed by atoms with Crippen LogP contribution in [0.1, 0.15) is 6.92 Å². The number of alkyl halides is 2. The lowest BCUT2D eigenvalue weighted by Crippen LogP contribution is -3.15. The van der Waals surface area contributed by atoms with Gasteiger partial charge in [-0.2, -0.15) is 8.78 Å². The minimum Gasteiger partial charge on any atom is -0.450 e. The Kier molecular flexibility index (Phi) is 6.93. The topological polar surface area (TPSA) is 72.3 Å². The number of quaternary nitrogens is 1. The maximum absolute atomic E-state index is 12.1. The zero-order valence-electron chi connectivity index (χ0n) is 14.0. The van der Waals surface area contributed by atoms with Crippen LogP contribution in [0.25, 0.3) is 0 Å². The molecule has 0 aliphatic carbocycles. The molecule has 2 N–H and O–H groups in total. The smallest absolute Gasteiger partial charge is 0.410 e. The molecule has 9 heteroatoms. The van der Waals surface area contributed by atoms with Gasteiger partial charge in [0.15, 0.2) is 6.54 Å². The number of carbonyl (C=O) groups is 2. The molecule has 2 amide bonds. The fraction of sp³-hybridized carbons (Fsp3) is 0.500. The molecular formula is C16H22F2N3O4+. The van der Waals surface area contributed by atoms with Crippen molar-refractivity contribution < 1.29 is 32.7 Å². The van der Waals surface area contributed by atoms with Crippen molar-refractivity contribution in [2.24, 2.45) is 0 Å². The number of benzene rings is 1. The van der Waals surface area contributed by atoms with E-state index in [4.69, 9.17) is 4.74 Å². The van der Waals surface area contributed by atoms with Crippen molar-refractivity contribution in [3.8, 4) is 5.75 Å². The van der Waals surface area contributed by atoms with Crippen LogP contribution in [-0.2, 0) is 9.53 Å². The van der Waals surface area contributed by atoms with Gasteiger partial charge in [-0.1, -0.05) is 0 Å². The summed E-state index contributed by atoms with van der Waals surface area (Å²) < 4.78 is 33.4. The predicted octanol–water partition coefficient (Wildman–Crippen LogP) is 0.584. The first-order valence-electron chi connectivity index (χ1n) is 8.08. The molecule has 1 saturated heterocycles. The molecule has 1 heterocycles. The molecule has 25 heavy (non-hydrogen) atoms.